The minimum atomic E-state index is 0.651. The van der Waals surface area contributed by atoms with Crippen LogP contribution in [0.25, 0.3) is 0 Å². The van der Waals surface area contributed by atoms with E-state index in [2.05, 4.69) is 21.2 Å². The van der Waals surface area contributed by atoms with Crippen molar-refractivity contribution in [3.63, 3.8) is 0 Å². The van der Waals surface area contributed by atoms with Gasteiger partial charge in [0.05, 0.1) is 16.8 Å². The Morgan fingerprint density at radius 3 is 2.60 bits per heavy atom. The molecule has 0 atom stereocenters. The normalized spacial score (nSPS) is 16.8. The molecule has 0 radical (unpaired) electrons. The Morgan fingerprint density at radius 2 is 1.95 bits per heavy atom. The zero-order valence-electron chi connectivity index (χ0n) is 12.1. The first-order chi connectivity index (χ1) is 9.70. The monoisotopic (exact) mass is 359 g/mol. The molecule has 2 rings (SSSR count). The molecule has 1 aromatic carbocycles. The van der Waals surface area contributed by atoms with Crippen molar-refractivity contribution in [2.75, 3.05) is 18.5 Å². The van der Waals surface area contributed by atoms with Crippen LogP contribution in [0.15, 0.2) is 16.6 Å². The first kappa shape index (κ1) is 16.0. The molecular formula is C16H23BrClNO. The number of rotatable bonds is 5. The number of ether oxygens (including phenoxy) is 1. The maximum absolute atomic E-state index is 6.14. The fourth-order valence-electron chi connectivity index (χ4n) is 2.81. The molecule has 0 aromatic heterocycles. The molecule has 4 heteroatoms. The topological polar surface area (TPSA) is 21.3 Å². The van der Waals surface area contributed by atoms with E-state index in [0.29, 0.717) is 6.61 Å². The van der Waals surface area contributed by atoms with Crippen molar-refractivity contribution in [2.24, 2.45) is 5.92 Å². The molecule has 1 N–H and O–H groups in total. The van der Waals surface area contributed by atoms with Crippen LogP contribution in [0, 0.1) is 5.92 Å². The molecule has 0 bridgehead atoms. The van der Waals surface area contributed by atoms with Crippen LogP contribution in [-0.4, -0.2) is 13.2 Å². The summed E-state index contributed by atoms with van der Waals surface area (Å²) in [6.07, 6.45) is 8.18. The molecule has 1 aromatic rings. The van der Waals surface area contributed by atoms with Gasteiger partial charge in [-0.15, -0.1) is 0 Å². The second kappa shape index (κ2) is 8.14. The lowest BCUT2D eigenvalue weighted by molar-refractivity contribution is 0.339. The Hall–Kier alpha value is -0.410. The Labute approximate surface area is 135 Å². The van der Waals surface area contributed by atoms with Gasteiger partial charge in [-0.1, -0.05) is 37.3 Å². The highest BCUT2D eigenvalue weighted by molar-refractivity contribution is 9.10. The van der Waals surface area contributed by atoms with E-state index in [1.54, 1.807) is 0 Å². The van der Waals surface area contributed by atoms with E-state index in [-0.39, 0.29) is 0 Å². The van der Waals surface area contributed by atoms with E-state index in [1.165, 1.54) is 38.5 Å². The van der Waals surface area contributed by atoms with Gasteiger partial charge in [0.1, 0.15) is 0 Å². The van der Waals surface area contributed by atoms with E-state index in [1.807, 2.05) is 19.1 Å². The fourth-order valence-corrected chi connectivity index (χ4v) is 3.73. The zero-order chi connectivity index (χ0) is 14.4. The molecule has 2 nitrogen and oxygen atoms in total. The van der Waals surface area contributed by atoms with Crippen molar-refractivity contribution < 1.29 is 4.74 Å². The lowest BCUT2D eigenvalue weighted by Crippen LogP contribution is -2.14. The average Bonchev–Trinajstić information content (AvgIpc) is 2.68. The van der Waals surface area contributed by atoms with Crippen molar-refractivity contribution in [1.29, 1.82) is 0 Å². The Morgan fingerprint density at radius 1 is 1.25 bits per heavy atom. The van der Waals surface area contributed by atoms with Gasteiger partial charge in [0.15, 0.2) is 5.75 Å². The summed E-state index contributed by atoms with van der Waals surface area (Å²) in [5, 5.41) is 4.26. The first-order valence-electron chi connectivity index (χ1n) is 7.56. The van der Waals surface area contributed by atoms with Gasteiger partial charge in [-0.2, -0.15) is 0 Å². The molecule has 0 amide bonds. The highest BCUT2D eigenvalue weighted by Gasteiger charge is 2.14. The van der Waals surface area contributed by atoms with Crippen LogP contribution in [0.4, 0.5) is 5.69 Å². The van der Waals surface area contributed by atoms with Gasteiger partial charge < -0.3 is 10.1 Å². The predicted octanol–water partition coefficient (Wildman–Crippen LogP) is 5.88. The second-order valence-corrected chi connectivity index (χ2v) is 6.73. The predicted molar refractivity (Wildman–Crippen MR) is 90.0 cm³/mol. The van der Waals surface area contributed by atoms with Crippen molar-refractivity contribution in [2.45, 2.75) is 45.4 Å². The van der Waals surface area contributed by atoms with Crippen molar-refractivity contribution in [1.82, 2.24) is 0 Å². The number of halogens is 2. The lowest BCUT2D eigenvalue weighted by Gasteiger charge is -2.19. The van der Waals surface area contributed by atoms with Crippen molar-refractivity contribution in [3.05, 3.63) is 21.6 Å². The van der Waals surface area contributed by atoms with Gasteiger partial charge in [-0.3, -0.25) is 0 Å². The summed E-state index contributed by atoms with van der Waals surface area (Å²) in [4.78, 5) is 0. The molecule has 1 saturated carbocycles. The Balaban J connectivity index is 2.03. The van der Waals surface area contributed by atoms with Crippen molar-refractivity contribution in [3.8, 4) is 5.75 Å². The van der Waals surface area contributed by atoms with Crippen LogP contribution in [0.3, 0.4) is 0 Å². The van der Waals surface area contributed by atoms with Crippen LogP contribution < -0.4 is 10.1 Å². The van der Waals surface area contributed by atoms with Gasteiger partial charge >= 0.3 is 0 Å². The van der Waals surface area contributed by atoms with Crippen LogP contribution in [0.5, 0.6) is 5.75 Å². The number of nitrogens with one attached hydrogen (secondary N) is 1. The molecule has 20 heavy (non-hydrogen) atoms. The fraction of sp³-hybridized carbons (Fsp3) is 0.625. The van der Waals surface area contributed by atoms with Gasteiger partial charge in [0.2, 0.25) is 0 Å². The Bertz CT molecular complexity index is 431. The molecule has 112 valence electrons. The second-order valence-electron chi connectivity index (χ2n) is 5.44. The third kappa shape index (κ3) is 4.56. The summed E-state index contributed by atoms with van der Waals surface area (Å²) in [6.45, 7) is 3.65. The summed E-state index contributed by atoms with van der Waals surface area (Å²) in [5.74, 6) is 1.63. The highest BCUT2D eigenvalue weighted by Crippen LogP contribution is 2.37. The number of anilines is 1. The molecule has 0 heterocycles. The summed E-state index contributed by atoms with van der Waals surface area (Å²) >= 11 is 9.67. The number of hydrogen-bond acceptors (Lipinski definition) is 2. The largest absolute Gasteiger partial charge is 0.491 e. The number of benzene rings is 1. The third-order valence-corrected chi connectivity index (χ3v) is 4.66. The summed E-state index contributed by atoms with van der Waals surface area (Å²) in [7, 11) is 0. The minimum Gasteiger partial charge on any atom is -0.491 e. The van der Waals surface area contributed by atoms with E-state index in [9.17, 15) is 0 Å². The standard InChI is InChI=1S/C16H23BrClNO/c1-2-20-16-14(17)9-13(18)10-15(16)19-11-12-7-5-3-4-6-8-12/h9-10,12,19H,2-8,11H2,1H3. The zero-order valence-corrected chi connectivity index (χ0v) is 14.4. The minimum absolute atomic E-state index is 0.651. The molecular weight excluding hydrogens is 338 g/mol. The van der Waals surface area contributed by atoms with E-state index in [0.717, 1.165) is 33.4 Å². The molecule has 1 fully saturated rings. The molecule has 1 aliphatic rings. The Kier molecular flexibility index (Phi) is 6.50. The van der Waals surface area contributed by atoms with Gasteiger partial charge in [0, 0.05) is 11.6 Å². The van der Waals surface area contributed by atoms with Gasteiger partial charge in [-0.25, -0.2) is 0 Å². The van der Waals surface area contributed by atoms with Gasteiger partial charge in [0.25, 0.3) is 0 Å². The van der Waals surface area contributed by atoms with Crippen LogP contribution in [0.1, 0.15) is 45.4 Å². The van der Waals surface area contributed by atoms with E-state index < -0.39 is 0 Å². The molecule has 0 spiro atoms. The lowest BCUT2D eigenvalue weighted by atomic mass is 10.0. The van der Waals surface area contributed by atoms with E-state index >= 15 is 0 Å². The molecule has 0 unspecified atom stereocenters. The van der Waals surface area contributed by atoms with E-state index in [4.69, 9.17) is 16.3 Å². The average molecular weight is 361 g/mol. The highest BCUT2D eigenvalue weighted by atomic mass is 79.9. The quantitative estimate of drug-likeness (QED) is 0.662. The molecule has 0 saturated heterocycles. The summed E-state index contributed by atoms with van der Waals surface area (Å²) in [6, 6.07) is 3.83. The smallest absolute Gasteiger partial charge is 0.156 e. The third-order valence-electron chi connectivity index (χ3n) is 3.85. The van der Waals surface area contributed by atoms with Gasteiger partial charge in [-0.05, 0) is 53.7 Å². The molecule has 1 aliphatic carbocycles. The summed E-state index contributed by atoms with van der Waals surface area (Å²) in [5.41, 5.74) is 0.996. The van der Waals surface area contributed by atoms with Crippen molar-refractivity contribution >= 4 is 33.2 Å². The maximum Gasteiger partial charge on any atom is 0.156 e. The maximum atomic E-state index is 6.14. The molecule has 0 aliphatic heterocycles. The van der Waals surface area contributed by atoms with Crippen LogP contribution in [0.2, 0.25) is 5.02 Å². The first-order valence-corrected chi connectivity index (χ1v) is 8.73. The SMILES string of the molecule is CCOc1c(Br)cc(Cl)cc1NCC1CCCCCC1. The summed E-state index contributed by atoms with van der Waals surface area (Å²) < 4.78 is 6.63. The van der Waals surface area contributed by atoms with Crippen LogP contribution in [-0.2, 0) is 0 Å². The number of hydrogen-bond donors (Lipinski definition) is 1. The van der Waals surface area contributed by atoms with Crippen LogP contribution >= 0.6 is 27.5 Å².